The zero-order valence-electron chi connectivity index (χ0n) is 21.2. The summed E-state index contributed by atoms with van der Waals surface area (Å²) >= 11 is 24.1. The van der Waals surface area contributed by atoms with Gasteiger partial charge in [0.25, 0.3) is 5.91 Å². The van der Waals surface area contributed by atoms with Crippen molar-refractivity contribution in [3.05, 3.63) is 87.5 Å². The van der Waals surface area contributed by atoms with E-state index in [1.165, 1.54) is 19.1 Å². The van der Waals surface area contributed by atoms with Crippen LogP contribution in [-0.4, -0.2) is 28.2 Å². The van der Waals surface area contributed by atoms with E-state index < -0.39 is 86.0 Å². The second-order valence-electron chi connectivity index (χ2n) is 8.92. The van der Waals surface area contributed by atoms with Crippen LogP contribution in [-0.2, 0) is 9.59 Å². The maximum atomic E-state index is 14.7. The molecule has 2 atom stereocenters. The molecule has 3 amide bonds. The highest BCUT2D eigenvalue weighted by atomic mass is 35.5. The summed E-state index contributed by atoms with van der Waals surface area (Å²) in [6, 6.07) is 1.94. The standard InChI is InChI=1S/C26H16Cl4F7N3O3/c1-9(3-4-13(28)10(2)27)17-18(25(17,29)30)23(42)38-11-7-12(19(33)15(32)8-11)22(41)40-21-14(31)5-6-16(20(21)34)39-24(43)26(35,36)37/h3-8,17-18H,1H2,2H3,(H,38,42)(H,39,43)(H,40,41)/b4-3-,13-10-/t17-,18+/m0/s1. The van der Waals surface area contributed by atoms with Crippen molar-refractivity contribution in [1.82, 2.24) is 0 Å². The third kappa shape index (κ3) is 7.64. The van der Waals surface area contributed by atoms with E-state index in [0.29, 0.717) is 24.3 Å². The minimum Gasteiger partial charge on any atom is -0.326 e. The SMILES string of the molecule is C=C(/C=C\C(Cl)=C(/C)Cl)[C@H]1[C@H](C(=O)Nc2cc(F)c(F)c(C(=O)Nc3c(F)ccc(NC(=O)C(F)(F)F)c3F)c2)C1(Cl)Cl. The highest BCUT2D eigenvalue weighted by molar-refractivity contribution is 6.53. The highest BCUT2D eigenvalue weighted by Crippen LogP contribution is 2.62. The zero-order valence-corrected chi connectivity index (χ0v) is 24.2. The van der Waals surface area contributed by atoms with Gasteiger partial charge < -0.3 is 16.0 Å². The third-order valence-electron chi connectivity index (χ3n) is 5.88. The first-order chi connectivity index (χ1) is 19.8. The van der Waals surface area contributed by atoms with Crippen LogP contribution in [0, 0.1) is 35.1 Å². The van der Waals surface area contributed by atoms with Gasteiger partial charge in [-0.3, -0.25) is 14.4 Å². The van der Waals surface area contributed by atoms with Crippen molar-refractivity contribution in [3.8, 4) is 0 Å². The first kappa shape index (κ1) is 34.2. The normalized spacial score (nSPS) is 18.1. The Balaban J connectivity index is 1.83. The summed E-state index contributed by atoms with van der Waals surface area (Å²) in [6.07, 6.45) is -2.64. The summed E-state index contributed by atoms with van der Waals surface area (Å²) in [6.45, 7) is 5.30. The van der Waals surface area contributed by atoms with E-state index in [2.05, 4.69) is 11.9 Å². The van der Waals surface area contributed by atoms with Crippen LogP contribution in [0.1, 0.15) is 17.3 Å². The van der Waals surface area contributed by atoms with E-state index in [-0.39, 0.29) is 15.6 Å². The number of amides is 3. The zero-order chi connectivity index (χ0) is 32.6. The van der Waals surface area contributed by atoms with Crippen molar-refractivity contribution in [3.63, 3.8) is 0 Å². The number of halogens is 11. The Labute approximate surface area is 258 Å². The molecule has 1 aliphatic carbocycles. The minimum absolute atomic E-state index is 0.171. The Bertz CT molecular complexity index is 1590. The van der Waals surface area contributed by atoms with E-state index in [0.717, 1.165) is 5.32 Å². The molecule has 0 aliphatic heterocycles. The van der Waals surface area contributed by atoms with Gasteiger partial charge in [-0.2, -0.15) is 13.2 Å². The van der Waals surface area contributed by atoms with Gasteiger partial charge >= 0.3 is 12.1 Å². The van der Waals surface area contributed by atoms with Gasteiger partial charge in [-0.15, -0.1) is 23.2 Å². The van der Waals surface area contributed by atoms with Gasteiger partial charge in [0.1, 0.15) is 15.8 Å². The van der Waals surface area contributed by atoms with Crippen LogP contribution >= 0.6 is 46.4 Å². The molecule has 2 aromatic carbocycles. The molecular weight excluding hydrogens is 677 g/mol. The molecule has 0 radical (unpaired) electrons. The quantitative estimate of drug-likeness (QED) is 0.148. The van der Waals surface area contributed by atoms with E-state index in [1.54, 1.807) is 5.32 Å². The molecule has 3 N–H and O–H groups in total. The molecule has 1 fully saturated rings. The Morgan fingerprint density at radius 3 is 2.12 bits per heavy atom. The average Bonchev–Trinajstić information content (AvgIpc) is 3.49. The fraction of sp³-hybridized carbons (Fsp3) is 0.192. The topological polar surface area (TPSA) is 87.3 Å². The van der Waals surface area contributed by atoms with Gasteiger partial charge in [0.05, 0.1) is 22.2 Å². The average molecular weight is 693 g/mol. The van der Waals surface area contributed by atoms with Crippen molar-refractivity contribution >= 4 is 81.2 Å². The monoisotopic (exact) mass is 691 g/mol. The summed E-state index contributed by atoms with van der Waals surface area (Å²) in [5.74, 6) is -14.0. The highest BCUT2D eigenvalue weighted by Gasteiger charge is 2.67. The van der Waals surface area contributed by atoms with E-state index >= 15 is 0 Å². The number of rotatable bonds is 8. The molecule has 17 heteroatoms. The van der Waals surface area contributed by atoms with Crippen LogP contribution in [0.15, 0.2) is 58.6 Å². The molecule has 3 rings (SSSR count). The summed E-state index contributed by atoms with van der Waals surface area (Å²) in [7, 11) is 0. The molecule has 1 aliphatic rings. The molecule has 230 valence electrons. The molecule has 2 aromatic rings. The van der Waals surface area contributed by atoms with Gasteiger partial charge in [0, 0.05) is 22.7 Å². The lowest BCUT2D eigenvalue weighted by Crippen LogP contribution is -2.30. The molecule has 0 bridgehead atoms. The molecule has 1 saturated carbocycles. The first-order valence-corrected chi connectivity index (χ1v) is 13.0. The Kier molecular flexibility index (Phi) is 10.2. The summed E-state index contributed by atoms with van der Waals surface area (Å²) in [5, 5.41) is 5.36. The number of carbonyl (C=O) groups excluding carboxylic acids is 3. The Morgan fingerprint density at radius 1 is 0.907 bits per heavy atom. The molecule has 0 spiro atoms. The van der Waals surface area contributed by atoms with Crippen molar-refractivity contribution in [2.75, 3.05) is 16.0 Å². The number of benzene rings is 2. The molecule has 43 heavy (non-hydrogen) atoms. The van der Waals surface area contributed by atoms with E-state index in [4.69, 9.17) is 46.4 Å². The van der Waals surface area contributed by atoms with Crippen LogP contribution < -0.4 is 16.0 Å². The molecule has 6 nitrogen and oxygen atoms in total. The predicted molar refractivity (Wildman–Crippen MR) is 148 cm³/mol. The smallest absolute Gasteiger partial charge is 0.326 e. The second-order valence-corrected chi connectivity index (χ2v) is 11.3. The molecule has 0 saturated heterocycles. The number of hydrogen-bond donors (Lipinski definition) is 3. The van der Waals surface area contributed by atoms with Crippen LogP contribution in [0.4, 0.5) is 47.8 Å². The Morgan fingerprint density at radius 2 is 1.53 bits per heavy atom. The van der Waals surface area contributed by atoms with Crippen LogP contribution in [0.5, 0.6) is 0 Å². The van der Waals surface area contributed by atoms with Crippen molar-refractivity contribution in [2.45, 2.75) is 17.4 Å². The maximum Gasteiger partial charge on any atom is 0.471 e. The van der Waals surface area contributed by atoms with E-state index in [1.807, 2.05) is 0 Å². The lowest BCUT2D eigenvalue weighted by atomic mass is 10.1. The molecule has 0 unspecified atom stereocenters. The molecule has 0 heterocycles. The maximum absolute atomic E-state index is 14.7. The summed E-state index contributed by atoms with van der Waals surface area (Å²) < 4.78 is 93.7. The number of anilines is 3. The number of allylic oxidation sites excluding steroid dienone is 5. The van der Waals surface area contributed by atoms with E-state index in [9.17, 15) is 45.1 Å². The van der Waals surface area contributed by atoms with Gasteiger partial charge in [0.2, 0.25) is 5.91 Å². The van der Waals surface area contributed by atoms with Crippen molar-refractivity contribution < 1.29 is 45.1 Å². The Hall–Kier alpha value is -3.26. The largest absolute Gasteiger partial charge is 0.471 e. The second kappa shape index (κ2) is 12.8. The third-order valence-corrected chi connectivity index (χ3v) is 7.53. The number of carbonyl (C=O) groups is 3. The molecule has 0 aromatic heterocycles. The summed E-state index contributed by atoms with van der Waals surface area (Å²) in [4.78, 5) is 36.7. The molecular formula is C26H16Cl4F7N3O3. The van der Waals surface area contributed by atoms with Gasteiger partial charge in [-0.25, -0.2) is 17.6 Å². The predicted octanol–water partition coefficient (Wildman–Crippen LogP) is 8.18. The first-order valence-electron chi connectivity index (χ1n) is 11.5. The van der Waals surface area contributed by atoms with Crippen molar-refractivity contribution in [1.29, 1.82) is 0 Å². The lowest BCUT2D eigenvalue weighted by Gasteiger charge is -2.14. The van der Waals surface area contributed by atoms with Gasteiger partial charge in [-0.05, 0) is 36.8 Å². The fourth-order valence-corrected chi connectivity index (χ4v) is 4.68. The van der Waals surface area contributed by atoms with Gasteiger partial charge in [0.15, 0.2) is 17.5 Å². The fourth-order valence-electron chi connectivity index (χ4n) is 3.70. The summed E-state index contributed by atoms with van der Waals surface area (Å²) in [5.41, 5.74) is -3.96. The van der Waals surface area contributed by atoms with Crippen LogP contribution in [0.2, 0.25) is 0 Å². The van der Waals surface area contributed by atoms with Crippen molar-refractivity contribution in [2.24, 2.45) is 11.8 Å². The van der Waals surface area contributed by atoms with Gasteiger partial charge in [-0.1, -0.05) is 35.9 Å². The lowest BCUT2D eigenvalue weighted by molar-refractivity contribution is -0.167. The van der Waals surface area contributed by atoms with Crippen LogP contribution in [0.25, 0.3) is 0 Å². The number of nitrogens with one attached hydrogen (secondary N) is 3. The minimum atomic E-state index is -5.43. The van der Waals surface area contributed by atoms with Crippen LogP contribution in [0.3, 0.4) is 0 Å². The number of alkyl halides is 5. The number of hydrogen-bond acceptors (Lipinski definition) is 3.